The Balaban J connectivity index is 1.86. The van der Waals surface area contributed by atoms with Gasteiger partial charge in [0.15, 0.2) is 0 Å². The third-order valence-electron chi connectivity index (χ3n) is 5.62. The maximum absolute atomic E-state index is 12.4. The van der Waals surface area contributed by atoms with E-state index in [2.05, 4.69) is 42.3 Å². The lowest BCUT2D eigenvalue weighted by Gasteiger charge is -2.49. The third-order valence-corrected chi connectivity index (χ3v) is 6.46. The zero-order valence-electron chi connectivity index (χ0n) is 14.7. The summed E-state index contributed by atoms with van der Waals surface area (Å²) in [5.74, 6) is 0.0592. The van der Waals surface area contributed by atoms with Gasteiger partial charge in [-0.15, -0.1) is 0 Å². The molecule has 4 rings (SSSR count). The van der Waals surface area contributed by atoms with Gasteiger partial charge in [0.25, 0.3) is 0 Å². The number of hydrogen-bond acceptors (Lipinski definition) is 2. The van der Waals surface area contributed by atoms with Crippen LogP contribution < -0.4 is 10.2 Å². The average Bonchev–Trinajstić information content (AvgIpc) is 2.81. The molecule has 1 fully saturated rings. The van der Waals surface area contributed by atoms with Crippen LogP contribution in [0.2, 0.25) is 10.0 Å². The second kappa shape index (κ2) is 6.04. The van der Waals surface area contributed by atoms with Gasteiger partial charge in [-0.25, -0.2) is 0 Å². The SMILES string of the molecule is CC1(C)c2ccccc2N2CCC(=O)NC21C=Cc1cccc(Cl)c1Cl. The summed E-state index contributed by atoms with van der Waals surface area (Å²) in [5.41, 5.74) is 2.28. The molecule has 2 aromatic rings. The first-order valence-electron chi connectivity index (χ1n) is 8.68. The van der Waals surface area contributed by atoms with Crippen molar-refractivity contribution in [1.29, 1.82) is 0 Å². The summed E-state index contributed by atoms with van der Waals surface area (Å²) in [6.07, 6.45) is 4.50. The molecule has 1 atom stereocenters. The highest BCUT2D eigenvalue weighted by molar-refractivity contribution is 6.42. The molecule has 2 heterocycles. The number of amides is 1. The van der Waals surface area contributed by atoms with Crippen LogP contribution in [0, 0.1) is 0 Å². The quantitative estimate of drug-likeness (QED) is 0.785. The molecule has 2 aromatic carbocycles. The molecule has 0 radical (unpaired) electrons. The lowest BCUT2D eigenvalue weighted by Crippen LogP contribution is -2.68. The van der Waals surface area contributed by atoms with Crippen molar-refractivity contribution in [2.45, 2.75) is 31.3 Å². The van der Waals surface area contributed by atoms with E-state index in [9.17, 15) is 4.79 Å². The summed E-state index contributed by atoms with van der Waals surface area (Å²) in [6.45, 7) is 5.02. The van der Waals surface area contributed by atoms with E-state index in [4.69, 9.17) is 23.2 Å². The van der Waals surface area contributed by atoms with Crippen LogP contribution >= 0.6 is 23.2 Å². The first-order valence-corrected chi connectivity index (χ1v) is 9.44. The predicted octanol–water partition coefficient (Wildman–Crippen LogP) is 5.02. The van der Waals surface area contributed by atoms with Gasteiger partial charge >= 0.3 is 0 Å². The normalized spacial score (nSPS) is 23.7. The second-order valence-electron chi connectivity index (χ2n) is 7.33. The van der Waals surface area contributed by atoms with Gasteiger partial charge in [-0.2, -0.15) is 0 Å². The van der Waals surface area contributed by atoms with Gasteiger partial charge in [-0.3, -0.25) is 4.79 Å². The van der Waals surface area contributed by atoms with E-state index in [1.54, 1.807) is 6.07 Å². The van der Waals surface area contributed by atoms with Crippen LogP contribution in [0.25, 0.3) is 6.08 Å². The van der Waals surface area contributed by atoms with Crippen molar-refractivity contribution in [3.63, 3.8) is 0 Å². The fourth-order valence-corrected chi connectivity index (χ4v) is 4.55. The number of anilines is 1. The number of carbonyl (C=O) groups is 1. The Bertz CT molecular complexity index is 922. The minimum Gasteiger partial charge on any atom is -0.344 e. The Kier molecular flexibility index (Phi) is 4.05. The van der Waals surface area contributed by atoms with Crippen LogP contribution in [0.3, 0.4) is 0 Å². The molecule has 134 valence electrons. The highest BCUT2D eigenvalue weighted by Gasteiger charge is 2.57. The molecule has 1 amide bonds. The number of nitrogens with one attached hydrogen (secondary N) is 1. The molecule has 0 spiro atoms. The summed E-state index contributed by atoms with van der Waals surface area (Å²) in [6, 6.07) is 13.9. The van der Waals surface area contributed by atoms with Crippen LogP contribution in [-0.4, -0.2) is 18.1 Å². The van der Waals surface area contributed by atoms with Crippen molar-refractivity contribution in [3.05, 3.63) is 69.7 Å². The highest BCUT2D eigenvalue weighted by atomic mass is 35.5. The number of halogens is 2. The molecule has 2 aliphatic heterocycles. The third kappa shape index (κ3) is 2.38. The van der Waals surface area contributed by atoms with Crippen LogP contribution in [0.1, 0.15) is 31.4 Å². The summed E-state index contributed by atoms with van der Waals surface area (Å²) in [5, 5.41) is 4.29. The topological polar surface area (TPSA) is 32.3 Å². The lowest BCUT2D eigenvalue weighted by atomic mass is 9.74. The summed E-state index contributed by atoms with van der Waals surface area (Å²) in [7, 11) is 0. The van der Waals surface area contributed by atoms with Crippen molar-refractivity contribution >= 4 is 40.9 Å². The molecule has 1 saturated heterocycles. The van der Waals surface area contributed by atoms with Gasteiger partial charge in [0, 0.05) is 24.1 Å². The molecular weight excluding hydrogens is 367 g/mol. The Hall–Kier alpha value is -1.97. The van der Waals surface area contributed by atoms with Crippen molar-refractivity contribution in [1.82, 2.24) is 5.32 Å². The van der Waals surface area contributed by atoms with E-state index in [0.29, 0.717) is 23.0 Å². The Morgan fingerprint density at radius 1 is 1.12 bits per heavy atom. The molecular formula is C21H20Cl2N2O. The van der Waals surface area contributed by atoms with Gasteiger partial charge in [0.05, 0.1) is 10.0 Å². The lowest BCUT2D eigenvalue weighted by molar-refractivity contribution is -0.124. The van der Waals surface area contributed by atoms with Gasteiger partial charge in [0.2, 0.25) is 5.91 Å². The molecule has 0 bridgehead atoms. The van der Waals surface area contributed by atoms with E-state index in [0.717, 1.165) is 5.56 Å². The summed E-state index contributed by atoms with van der Waals surface area (Å²) in [4.78, 5) is 14.7. The van der Waals surface area contributed by atoms with Crippen molar-refractivity contribution < 1.29 is 4.79 Å². The largest absolute Gasteiger partial charge is 0.344 e. The summed E-state index contributed by atoms with van der Waals surface area (Å²) < 4.78 is 0. The van der Waals surface area contributed by atoms with Crippen molar-refractivity contribution in [3.8, 4) is 0 Å². The molecule has 0 aliphatic carbocycles. The van der Waals surface area contributed by atoms with E-state index >= 15 is 0 Å². The van der Waals surface area contributed by atoms with Crippen LogP contribution in [0.15, 0.2) is 48.5 Å². The van der Waals surface area contributed by atoms with Crippen molar-refractivity contribution in [2.75, 3.05) is 11.4 Å². The van der Waals surface area contributed by atoms with Crippen LogP contribution in [0.5, 0.6) is 0 Å². The predicted molar refractivity (Wildman–Crippen MR) is 108 cm³/mol. The van der Waals surface area contributed by atoms with Crippen LogP contribution in [-0.2, 0) is 10.2 Å². The Labute approximate surface area is 163 Å². The zero-order valence-corrected chi connectivity index (χ0v) is 16.2. The maximum atomic E-state index is 12.4. The van der Waals surface area contributed by atoms with Gasteiger partial charge in [0.1, 0.15) is 5.66 Å². The van der Waals surface area contributed by atoms with Crippen LogP contribution in [0.4, 0.5) is 5.69 Å². The van der Waals surface area contributed by atoms with Gasteiger partial charge in [-0.1, -0.05) is 73.5 Å². The Morgan fingerprint density at radius 3 is 2.69 bits per heavy atom. The number of para-hydroxylation sites is 1. The smallest absolute Gasteiger partial charge is 0.223 e. The standard InChI is InChI=1S/C21H20Cl2N2O/c1-20(2)15-7-3-4-9-17(15)25-13-11-18(26)24-21(20,25)12-10-14-6-5-8-16(22)19(14)23/h3-10,12H,11,13H2,1-2H3,(H,24,26). The van der Waals surface area contributed by atoms with E-state index in [1.807, 2.05) is 30.3 Å². The Morgan fingerprint density at radius 2 is 1.88 bits per heavy atom. The maximum Gasteiger partial charge on any atom is 0.223 e. The van der Waals surface area contributed by atoms with E-state index in [1.165, 1.54) is 11.3 Å². The number of carbonyl (C=O) groups excluding carboxylic acids is 1. The minimum atomic E-state index is -0.641. The highest BCUT2D eigenvalue weighted by Crippen LogP contribution is 2.52. The number of rotatable bonds is 2. The zero-order chi connectivity index (χ0) is 18.5. The second-order valence-corrected chi connectivity index (χ2v) is 8.12. The van der Waals surface area contributed by atoms with Gasteiger partial charge < -0.3 is 10.2 Å². The van der Waals surface area contributed by atoms with Gasteiger partial charge in [-0.05, 0) is 29.3 Å². The van der Waals surface area contributed by atoms with E-state index < -0.39 is 5.66 Å². The number of benzene rings is 2. The van der Waals surface area contributed by atoms with E-state index in [-0.39, 0.29) is 11.3 Å². The fraction of sp³-hybridized carbons (Fsp3) is 0.286. The molecule has 3 nitrogen and oxygen atoms in total. The summed E-state index contributed by atoms with van der Waals surface area (Å²) >= 11 is 12.5. The molecule has 1 N–H and O–H groups in total. The fourth-order valence-electron chi connectivity index (χ4n) is 4.18. The number of hydrogen-bond donors (Lipinski definition) is 1. The minimum absolute atomic E-state index is 0.0592. The molecule has 0 saturated carbocycles. The average molecular weight is 387 g/mol. The number of fused-ring (bicyclic) bond motifs is 3. The molecule has 0 aromatic heterocycles. The number of nitrogens with zero attached hydrogens (tertiary/aromatic N) is 1. The molecule has 1 unspecified atom stereocenters. The molecule has 2 aliphatic rings. The monoisotopic (exact) mass is 386 g/mol. The first kappa shape index (κ1) is 17.4. The van der Waals surface area contributed by atoms with Crippen molar-refractivity contribution in [2.24, 2.45) is 0 Å². The molecule has 5 heteroatoms. The molecule has 26 heavy (non-hydrogen) atoms. The first-order chi connectivity index (χ1) is 12.4.